The van der Waals surface area contributed by atoms with Gasteiger partial charge in [-0.1, -0.05) is 0 Å². The highest BCUT2D eigenvalue weighted by atomic mass is 16.5. The minimum atomic E-state index is -0.720. The Morgan fingerprint density at radius 3 is 2.30 bits per heavy atom. The third-order valence-electron chi connectivity index (χ3n) is 5.97. The van der Waals surface area contributed by atoms with E-state index < -0.39 is 5.54 Å². The molecular formula is C21H32N2O4. The lowest BCUT2D eigenvalue weighted by Gasteiger charge is -2.40. The summed E-state index contributed by atoms with van der Waals surface area (Å²) in [5.41, 5.74) is 6.87. The highest BCUT2D eigenvalue weighted by molar-refractivity contribution is 5.86. The Hall–Kier alpha value is -1.79. The molecule has 150 valence electrons. The summed E-state index contributed by atoms with van der Waals surface area (Å²) in [4.78, 5) is 14.8. The second-order valence-electron chi connectivity index (χ2n) is 7.76. The molecule has 3 rings (SSSR count). The fourth-order valence-corrected chi connectivity index (χ4v) is 4.07. The van der Waals surface area contributed by atoms with Gasteiger partial charge in [-0.05, 0) is 62.1 Å². The van der Waals surface area contributed by atoms with Gasteiger partial charge in [-0.15, -0.1) is 0 Å². The van der Waals surface area contributed by atoms with Gasteiger partial charge in [-0.3, -0.25) is 4.79 Å². The van der Waals surface area contributed by atoms with Gasteiger partial charge >= 0.3 is 0 Å². The van der Waals surface area contributed by atoms with Gasteiger partial charge in [0.15, 0.2) is 0 Å². The van der Waals surface area contributed by atoms with Crippen molar-refractivity contribution in [2.45, 2.75) is 44.1 Å². The molecule has 0 spiro atoms. The normalized spacial score (nSPS) is 20.3. The lowest BCUT2D eigenvalue weighted by atomic mass is 9.86. The van der Waals surface area contributed by atoms with Crippen molar-refractivity contribution >= 4 is 5.91 Å². The monoisotopic (exact) mass is 376 g/mol. The lowest BCUT2D eigenvalue weighted by Crippen LogP contribution is -2.59. The van der Waals surface area contributed by atoms with Crippen molar-refractivity contribution in [1.29, 1.82) is 0 Å². The molecule has 2 heterocycles. The number of ether oxygens (including phenoxy) is 3. The summed E-state index contributed by atoms with van der Waals surface area (Å²) in [6, 6.07) is 6.04. The van der Waals surface area contributed by atoms with Crippen LogP contribution in [0.3, 0.4) is 0 Å². The van der Waals surface area contributed by atoms with Gasteiger partial charge in [0.05, 0.1) is 19.8 Å². The summed E-state index contributed by atoms with van der Waals surface area (Å²) in [5, 5.41) is 0. The number of amides is 1. The van der Waals surface area contributed by atoms with E-state index in [1.807, 2.05) is 11.0 Å². The molecule has 0 saturated carbocycles. The van der Waals surface area contributed by atoms with Crippen molar-refractivity contribution in [3.8, 4) is 11.5 Å². The topological polar surface area (TPSA) is 74.0 Å². The van der Waals surface area contributed by atoms with Crippen molar-refractivity contribution in [3.05, 3.63) is 23.8 Å². The Labute approximate surface area is 161 Å². The minimum Gasteiger partial charge on any atom is -0.497 e. The second kappa shape index (κ2) is 8.93. The molecule has 2 aliphatic heterocycles. The van der Waals surface area contributed by atoms with Gasteiger partial charge in [0.2, 0.25) is 5.91 Å². The molecule has 0 unspecified atom stereocenters. The van der Waals surface area contributed by atoms with Crippen molar-refractivity contribution in [2.75, 3.05) is 40.5 Å². The average molecular weight is 376 g/mol. The van der Waals surface area contributed by atoms with Gasteiger partial charge in [0.25, 0.3) is 0 Å². The van der Waals surface area contributed by atoms with E-state index in [1.165, 1.54) is 5.56 Å². The van der Waals surface area contributed by atoms with Crippen LogP contribution in [0, 0.1) is 5.92 Å². The van der Waals surface area contributed by atoms with Crippen molar-refractivity contribution in [2.24, 2.45) is 11.7 Å². The number of benzene rings is 1. The Kier molecular flexibility index (Phi) is 6.60. The smallest absolute Gasteiger partial charge is 0.242 e. The maximum Gasteiger partial charge on any atom is 0.242 e. The molecule has 6 heteroatoms. The van der Waals surface area contributed by atoms with E-state index in [-0.39, 0.29) is 5.91 Å². The Bertz CT molecular complexity index is 613. The highest BCUT2D eigenvalue weighted by Gasteiger charge is 2.39. The number of hydrogen-bond acceptors (Lipinski definition) is 5. The van der Waals surface area contributed by atoms with Crippen LogP contribution >= 0.6 is 0 Å². The minimum absolute atomic E-state index is 0.113. The molecule has 2 saturated heterocycles. The lowest BCUT2D eigenvalue weighted by molar-refractivity contribution is -0.142. The summed E-state index contributed by atoms with van der Waals surface area (Å²) in [5.74, 6) is 2.40. The molecule has 0 radical (unpaired) electrons. The molecule has 2 N–H and O–H groups in total. The number of carbonyl (C=O) groups is 1. The summed E-state index contributed by atoms with van der Waals surface area (Å²) >= 11 is 0. The van der Waals surface area contributed by atoms with Crippen LogP contribution in [0.15, 0.2) is 18.2 Å². The molecule has 2 aliphatic rings. The number of carbonyl (C=O) groups excluding carboxylic acids is 1. The fourth-order valence-electron chi connectivity index (χ4n) is 4.07. The molecule has 0 aliphatic carbocycles. The van der Waals surface area contributed by atoms with E-state index in [1.54, 1.807) is 14.2 Å². The zero-order valence-corrected chi connectivity index (χ0v) is 16.5. The number of likely N-dealkylation sites (tertiary alicyclic amines) is 1. The molecule has 0 bridgehead atoms. The van der Waals surface area contributed by atoms with Gasteiger partial charge in [-0.25, -0.2) is 0 Å². The molecule has 27 heavy (non-hydrogen) atoms. The number of piperidine rings is 1. The van der Waals surface area contributed by atoms with Crippen LogP contribution in [0.5, 0.6) is 11.5 Å². The third-order valence-corrected chi connectivity index (χ3v) is 5.97. The van der Waals surface area contributed by atoms with E-state index >= 15 is 0 Å². The second-order valence-corrected chi connectivity index (χ2v) is 7.76. The van der Waals surface area contributed by atoms with Crippen LogP contribution in [0.4, 0.5) is 0 Å². The first-order chi connectivity index (χ1) is 13.0. The van der Waals surface area contributed by atoms with Crippen LogP contribution in [0.2, 0.25) is 0 Å². The molecule has 2 fully saturated rings. The van der Waals surface area contributed by atoms with E-state index in [0.29, 0.717) is 32.0 Å². The van der Waals surface area contributed by atoms with Crippen molar-refractivity contribution in [3.63, 3.8) is 0 Å². The largest absolute Gasteiger partial charge is 0.497 e. The average Bonchev–Trinajstić information content (AvgIpc) is 2.72. The third kappa shape index (κ3) is 4.93. The zero-order chi connectivity index (χ0) is 19.3. The van der Waals surface area contributed by atoms with Gasteiger partial charge in [-0.2, -0.15) is 0 Å². The number of nitrogens with zero attached hydrogens (tertiary/aromatic N) is 1. The number of hydrogen-bond donors (Lipinski definition) is 1. The zero-order valence-electron chi connectivity index (χ0n) is 16.5. The van der Waals surface area contributed by atoms with Crippen LogP contribution in [-0.2, 0) is 16.0 Å². The molecule has 1 amide bonds. The predicted octanol–water partition coefficient (Wildman–Crippen LogP) is 2.38. The first-order valence-electron chi connectivity index (χ1n) is 9.92. The quantitative estimate of drug-likeness (QED) is 0.825. The van der Waals surface area contributed by atoms with Crippen LogP contribution in [-0.4, -0.2) is 56.9 Å². The molecule has 0 atom stereocenters. The molecule has 0 aromatic heterocycles. The standard InChI is InChI=1S/C21H32N2O4/c1-25-18-13-17(14-19(15-18)26-2)4-3-16-5-9-23(10-6-16)20(24)21(22)7-11-27-12-8-21/h13-16H,3-12,22H2,1-2H3. The molecular weight excluding hydrogens is 344 g/mol. The highest BCUT2D eigenvalue weighted by Crippen LogP contribution is 2.28. The predicted molar refractivity (Wildman–Crippen MR) is 104 cm³/mol. The van der Waals surface area contributed by atoms with E-state index in [0.717, 1.165) is 50.3 Å². The SMILES string of the molecule is COc1cc(CCC2CCN(C(=O)C3(N)CCOCC3)CC2)cc(OC)c1. The Morgan fingerprint density at radius 2 is 1.74 bits per heavy atom. The fraction of sp³-hybridized carbons (Fsp3) is 0.667. The number of aryl methyl sites for hydroxylation is 1. The molecule has 6 nitrogen and oxygen atoms in total. The van der Waals surface area contributed by atoms with Crippen LogP contribution in [0.25, 0.3) is 0 Å². The summed E-state index contributed by atoms with van der Waals surface area (Å²) < 4.78 is 16.1. The van der Waals surface area contributed by atoms with E-state index in [9.17, 15) is 4.79 Å². The van der Waals surface area contributed by atoms with Crippen LogP contribution in [0.1, 0.15) is 37.7 Å². The Balaban J connectivity index is 1.49. The van der Waals surface area contributed by atoms with Gasteiger partial charge < -0.3 is 24.8 Å². The summed E-state index contributed by atoms with van der Waals surface area (Å²) in [6.07, 6.45) is 5.44. The van der Waals surface area contributed by atoms with E-state index in [2.05, 4.69) is 12.1 Å². The molecule has 1 aromatic carbocycles. The Morgan fingerprint density at radius 1 is 1.15 bits per heavy atom. The summed E-state index contributed by atoms with van der Waals surface area (Å²) in [7, 11) is 3.35. The maximum absolute atomic E-state index is 12.8. The number of rotatable bonds is 6. The van der Waals surface area contributed by atoms with Crippen LogP contribution < -0.4 is 15.2 Å². The summed E-state index contributed by atoms with van der Waals surface area (Å²) in [6.45, 7) is 2.79. The first-order valence-corrected chi connectivity index (χ1v) is 9.92. The number of methoxy groups -OCH3 is 2. The van der Waals surface area contributed by atoms with Crippen molar-refractivity contribution < 1.29 is 19.0 Å². The number of nitrogens with two attached hydrogens (primary N) is 1. The maximum atomic E-state index is 12.8. The first kappa shape index (κ1) is 20.0. The van der Waals surface area contributed by atoms with Gasteiger partial charge in [0, 0.05) is 32.4 Å². The van der Waals surface area contributed by atoms with E-state index in [4.69, 9.17) is 19.9 Å². The van der Waals surface area contributed by atoms with Crippen molar-refractivity contribution in [1.82, 2.24) is 4.90 Å². The molecule has 1 aromatic rings. The van der Waals surface area contributed by atoms with Gasteiger partial charge in [0.1, 0.15) is 11.5 Å².